The predicted molar refractivity (Wildman–Crippen MR) is 60.1 cm³/mol. The van der Waals surface area contributed by atoms with E-state index < -0.39 is 10.3 Å². The maximum atomic E-state index is 11.4. The Morgan fingerprint density at radius 2 is 2.28 bits per heavy atom. The van der Waals surface area contributed by atoms with E-state index >= 15 is 0 Å². The maximum absolute atomic E-state index is 11.4. The van der Waals surface area contributed by atoms with Crippen LogP contribution in [0.15, 0.2) is 18.5 Å². The summed E-state index contributed by atoms with van der Waals surface area (Å²) in [5.41, 5.74) is 0.414. The Bertz CT molecular complexity index is 500. The highest BCUT2D eigenvalue weighted by Gasteiger charge is 2.08. The summed E-state index contributed by atoms with van der Waals surface area (Å²) in [6.07, 6.45) is 2.90. The molecule has 0 unspecified atom stereocenters. The molecule has 1 heterocycles. The van der Waals surface area contributed by atoms with Crippen molar-refractivity contribution in [3.63, 3.8) is 0 Å². The summed E-state index contributed by atoms with van der Waals surface area (Å²) in [6, 6.07) is 1.56. The largest absolute Gasteiger partial charge is 0.735 e. The summed E-state index contributed by atoms with van der Waals surface area (Å²) in [5, 5.41) is 6.54. The molecule has 8 nitrogen and oxygen atoms in total. The van der Waals surface area contributed by atoms with E-state index in [2.05, 4.69) is 10.4 Å². The Kier molecular flexibility index (Phi) is 5.13. The molecule has 0 bridgehead atoms. The molecule has 0 aliphatic carbocycles. The molecule has 1 aromatic heterocycles. The molecule has 1 rings (SSSR count). The van der Waals surface area contributed by atoms with Crippen molar-refractivity contribution in [2.45, 2.75) is 13.5 Å². The first-order valence-electron chi connectivity index (χ1n) is 5.27. The lowest BCUT2D eigenvalue weighted by Gasteiger charge is -2.05. The Morgan fingerprint density at radius 1 is 1.56 bits per heavy atom. The van der Waals surface area contributed by atoms with Crippen molar-refractivity contribution in [3.05, 3.63) is 24.0 Å². The Morgan fingerprint density at radius 3 is 2.78 bits per heavy atom. The standard InChI is InChI=1S/C9H14N4O4S/c1-2-10-9(14)8-3-5-13(11-7-8)6-4-12-18(15,16)17/h3,5,7,12H,2,4,6H2,1H3,(H-,10,14,15,16,17). The van der Waals surface area contributed by atoms with Crippen molar-refractivity contribution in [1.29, 1.82) is 0 Å². The van der Waals surface area contributed by atoms with E-state index in [0.29, 0.717) is 12.1 Å². The summed E-state index contributed by atoms with van der Waals surface area (Å²) >= 11 is 0. The fourth-order valence-electron chi connectivity index (χ4n) is 1.20. The first-order valence-corrected chi connectivity index (χ1v) is 6.67. The zero-order chi connectivity index (χ0) is 13.6. The lowest BCUT2D eigenvalue weighted by atomic mass is 10.3. The number of carbonyl (C=O) groups excluding carboxylic acids is 1. The average molecular weight is 274 g/mol. The Labute approximate surface area is 105 Å². The number of hydrogen-bond acceptors (Lipinski definition) is 5. The summed E-state index contributed by atoms with van der Waals surface area (Å²) in [4.78, 5) is 11.4. The molecule has 0 saturated carbocycles. The van der Waals surface area contributed by atoms with Crippen LogP contribution in [-0.4, -0.2) is 37.1 Å². The van der Waals surface area contributed by atoms with E-state index in [1.165, 1.54) is 17.1 Å². The van der Waals surface area contributed by atoms with Gasteiger partial charge in [-0.15, -0.1) is 0 Å². The van der Waals surface area contributed by atoms with Gasteiger partial charge in [0, 0.05) is 12.6 Å². The van der Waals surface area contributed by atoms with Crippen molar-refractivity contribution < 1.29 is 22.4 Å². The normalized spacial score (nSPS) is 11.2. The summed E-state index contributed by atoms with van der Waals surface area (Å²) in [5.74, 6) is -0.225. The number of nitrogens with zero attached hydrogens (tertiary/aromatic N) is 2. The molecular formula is C9H14N4O4S. The zero-order valence-corrected chi connectivity index (χ0v) is 10.6. The third kappa shape index (κ3) is 5.17. The number of amides is 1. The monoisotopic (exact) mass is 274 g/mol. The summed E-state index contributed by atoms with van der Waals surface area (Å²) in [7, 11) is -4.43. The van der Waals surface area contributed by atoms with Gasteiger partial charge in [0.25, 0.3) is 5.91 Å². The Balaban J connectivity index is 2.53. The first kappa shape index (κ1) is 14.5. The molecule has 0 aromatic carbocycles. The maximum Gasteiger partial charge on any atom is 0.253 e. The molecule has 0 fully saturated rings. The Hall–Kier alpha value is -1.58. The highest BCUT2D eigenvalue weighted by atomic mass is 32.2. The van der Waals surface area contributed by atoms with Crippen LogP contribution in [0.5, 0.6) is 0 Å². The van der Waals surface area contributed by atoms with Gasteiger partial charge in [0.05, 0.1) is 12.1 Å². The molecule has 0 radical (unpaired) electrons. The van der Waals surface area contributed by atoms with Gasteiger partial charge in [0.1, 0.15) is 6.20 Å². The highest BCUT2D eigenvalue weighted by molar-refractivity contribution is 7.83. The van der Waals surface area contributed by atoms with Crippen LogP contribution in [0.4, 0.5) is 0 Å². The van der Waals surface area contributed by atoms with Gasteiger partial charge in [-0.25, -0.2) is 13.1 Å². The van der Waals surface area contributed by atoms with E-state index in [1.807, 2.05) is 6.92 Å². The topological polar surface area (TPSA) is 115 Å². The van der Waals surface area contributed by atoms with Crippen molar-refractivity contribution in [2.24, 2.45) is 0 Å². The molecule has 0 spiro atoms. The molecule has 0 aliphatic heterocycles. The van der Waals surface area contributed by atoms with Gasteiger partial charge < -0.3 is 9.87 Å². The number of carbonyl (C=O) groups is 1. The van der Waals surface area contributed by atoms with Gasteiger partial charge in [-0.3, -0.25) is 4.79 Å². The van der Waals surface area contributed by atoms with Crippen molar-refractivity contribution in [2.75, 3.05) is 13.1 Å². The van der Waals surface area contributed by atoms with Crippen molar-refractivity contribution >= 4 is 16.2 Å². The van der Waals surface area contributed by atoms with Crippen LogP contribution in [0.2, 0.25) is 0 Å². The number of nitrogens with one attached hydrogen (secondary N) is 2. The zero-order valence-electron chi connectivity index (χ0n) is 9.79. The molecule has 0 atom stereocenters. The third-order valence-corrected chi connectivity index (χ3v) is 2.55. The van der Waals surface area contributed by atoms with E-state index in [0.717, 1.165) is 0 Å². The van der Waals surface area contributed by atoms with E-state index in [4.69, 9.17) is 0 Å². The fourth-order valence-corrected chi connectivity index (χ4v) is 1.54. The second-order valence-electron chi connectivity index (χ2n) is 3.39. The van der Waals surface area contributed by atoms with Gasteiger partial charge in [0.2, 0.25) is 0 Å². The van der Waals surface area contributed by atoms with Crippen LogP contribution in [0, 0.1) is 0 Å². The lowest BCUT2D eigenvalue weighted by molar-refractivity contribution is -0.752. The highest BCUT2D eigenvalue weighted by Crippen LogP contribution is 1.92. The third-order valence-electron chi connectivity index (χ3n) is 1.99. The minimum absolute atomic E-state index is 0.0516. The van der Waals surface area contributed by atoms with E-state index in [-0.39, 0.29) is 19.0 Å². The van der Waals surface area contributed by atoms with Gasteiger partial charge in [-0.2, -0.15) is 0 Å². The van der Waals surface area contributed by atoms with Crippen molar-refractivity contribution in [3.8, 4) is 0 Å². The molecule has 1 aromatic rings. The van der Waals surface area contributed by atoms with E-state index in [1.54, 1.807) is 10.8 Å². The van der Waals surface area contributed by atoms with Gasteiger partial charge in [0.15, 0.2) is 23.0 Å². The molecule has 0 saturated heterocycles. The van der Waals surface area contributed by atoms with Gasteiger partial charge in [-0.05, 0) is 12.0 Å². The fraction of sp³-hybridized carbons (Fsp3) is 0.444. The lowest BCUT2D eigenvalue weighted by Crippen LogP contribution is -2.43. The van der Waals surface area contributed by atoms with Crippen LogP contribution in [-0.2, 0) is 16.8 Å². The molecule has 2 N–H and O–H groups in total. The summed E-state index contributed by atoms with van der Waals surface area (Å²) in [6.45, 7) is 2.49. The van der Waals surface area contributed by atoms with Crippen LogP contribution in [0.3, 0.4) is 0 Å². The van der Waals surface area contributed by atoms with Crippen LogP contribution >= 0.6 is 0 Å². The SMILES string of the molecule is CCNC(=O)c1cc[n+](CCNS(=O)(=O)[O-])nc1. The number of aromatic nitrogens is 2. The molecular weight excluding hydrogens is 260 g/mol. The van der Waals surface area contributed by atoms with E-state index in [9.17, 15) is 17.8 Å². The second kappa shape index (κ2) is 6.38. The van der Waals surface area contributed by atoms with Crippen molar-refractivity contribution in [1.82, 2.24) is 15.1 Å². The number of hydrogen-bond donors (Lipinski definition) is 2. The minimum Gasteiger partial charge on any atom is -0.735 e. The number of rotatable bonds is 6. The van der Waals surface area contributed by atoms with Gasteiger partial charge >= 0.3 is 0 Å². The predicted octanol–water partition coefficient (Wildman–Crippen LogP) is -1.83. The molecule has 18 heavy (non-hydrogen) atoms. The average Bonchev–Trinajstić information content (AvgIpc) is 2.28. The molecule has 1 amide bonds. The molecule has 100 valence electrons. The first-order chi connectivity index (χ1) is 8.42. The van der Waals surface area contributed by atoms with Crippen LogP contribution in [0.1, 0.15) is 17.3 Å². The van der Waals surface area contributed by atoms with Crippen LogP contribution in [0.25, 0.3) is 0 Å². The quantitative estimate of drug-likeness (QED) is 0.467. The molecule has 9 heteroatoms. The molecule has 0 aliphatic rings. The second-order valence-corrected chi connectivity index (χ2v) is 4.58. The minimum atomic E-state index is -4.43. The van der Waals surface area contributed by atoms with Crippen LogP contribution < -0.4 is 14.7 Å². The van der Waals surface area contributed by atoms with Gasteiger partial charge in [-0.1, -0.05) is 4.68 Å². The smallest absolute Gasteiger partial charge is 0.253 e. The summed E-state index contributed by atoms with van der Waals surface area (Å²) < 4.78 is 34.1.